The second kappa shape index (κ2) is 9.79. The third kappa shape index (κ3) is 4.40. The normalized spacial score (nSPS) is 17.3. The van der Waals surface area contributed by atoms with E-state index in [2.05, 4.69) is 5.10 Å². The highest BCUT2D eigenvalue weighted by atomic mass is 19.3. The van der Waals surface area contributed by atoms with Gasteiger partial charge in [-0.05, 0) is 48.1 Å². The van der Waals surface area contributed by atoms with Crippen molar-refractivity contribution in [3.63, 3.8) is 0 Å². The summed E-state index contributed by atoms with van der Waals surface area (Å²) < 4.78 is 35.8. The molecule has 11 heteroatoms. The number of anilines is 2. The Morgan fingerprint density at radius 1 is 1.16 bits per heavy atom. The van der Waals surface area contributed by atoms with Gasteiger partial charge in [-0.25, -0.2) is 23.5 Å². The van der Waals surface area contributed by atoms with Gasteiger partial charge in [0.2, 0.25) is 0 Å². The molecule has 1 amide bonds. The Kier molecular flexibility index (Phi) is 6.30. The molecule has 1 N–H and O–H groups in total. The van der Waals surface area contributed by atoms with Crippen molar-refractivity contribution in [2.75, 3.05) is 31.2 Å². The lowest BCUT2D eigenvalue weighted by Gasteiger charge is -2.36. The molecule has 5 heterocycles. The van der Waals surface area contributed by atoms with Crippen LogP contribution in [-0.4, -0.2) is 62.2 Å². The van der Waals surface area contributed by atoms with Gasteiger partial charge in [-0.15, -0.1) is 0 Å². The predicted molar refractivity (Wildman–Crippen MR) is 137 cm³/mol. The van der Waals surface area contributed by atoms with E-state index in [9.17, 15) is 18.7 Å². The number of fused-ring (bicyclic) bond motifs is 2. The van der Waals surface area contributed by atoms with E-state index in [-0.39, 0.29) is 12.1 Å². The van der Waals surface area contributed by atoms with Gasteiger partial charge in [0.05, 0.1) is 31.6 Å². The Hall–Kier alpha value is -3.86. The van der Waals surface area contributed by atoms with Gasteiger partial charge >= 0.3 is 6.09 Å². The summed E-state index contributed by atoms with van der Waals surface area (Å²) in [5, 5.41) is 13.8. The van der Waals surface area contributed by atoms with Crippen LogP contribution < -0.4 is 4.90 Å². The summed E-state index contributed by atoms with van der Waals surface area (Å²) in [4.78, 5) is 24.9. The number of amides is 1. The molecule has 0 bridgehead atoms. The monoisotopic (exact) mass is 522 g/mol. The minimum atomic E-state index is -2.68. The summed E-state index contributed by atoms with van der Waals surface area (Å²) >= 11 is 0. The van der Waals surface area contributed by atoms with Crippen LogP contribution in [0.3, 0.4) is 0 Å². The van der Waals surface area contributed by atoms with Gasteiger partial charge in [-0.2, -0.15) is 5.10 Å². The average molecular weight is 523 g/mol. The van der Waals surface area contributed by atoms with E-state index >= 15 is 0 Å². The van der Waals surface area contributed by atoms with E-state index in [1.165, 1.54) is 4.90 Å². The molecule has 198 valence electrons. The van der Waals surface area contributed by atoms with Gasteiger partial charge in [-0.3, -0.25) is 4.68 Å². The highest BCUT2D eigenvalue weighted by molar-refractivity contribution is 5.78. The second-order valence-electron chi connectivity index (χ2n) is 9.83. The molecule has 2 aromatic heterocycles. The zero-order chi connectivity index (χ0) is 26.4. The zero-order valence-corrected chi connectivity index (χ0v) is 21.0. The molecular formula is C27H28F2N6O3. The van der Waals surface area contributed by atoms with Crippen LogP contribution in [0, 0.1) is 0 Å². The molecule has 0 spiro atoms. The molecule has 3 aliphatic rings. The first-order valence-corrected chi connectivity index (χ1v) is 12.8. The number of aromatic nitrogens is 4. The van der Waals surface area contributed by atoms with E-state index in [0.717, 1.165) is 35.2 Å². The molecule has 0 radical (unpaired) electrons. The number of carbonyl (C=O) groups is 1. The van der Waals surface area contributed by atoms with Crippen LogP contribution in [0.2, 0.25) is 0 Å². The topological polar surface area (TPSA) is 96.6 Å². The van der Waals surface area contributed by atoms with Gasteiger partial charge in [-0.1, -0.05) is 6.08 Å². The highest BCUT2D eigenvalue weighted by Crippen LogP contribution is 2.42. The van der Waals surface area contributed by atoms with E-state index in [4.69, 9.17) is 14.7 Å². The lowest BCUT2D eigenvalue weighted by Crippen LogP contribution is -2.37. The number of rotatable bonds is 4. The largest absolute Gasteiger partial charge is 0.465 e. The molecule has 3 aromatic rings. The fourth-order valence-electron chi connectivity index (χ4n) is 5.52. The molecule has 0 saturated heterocycles. The van der Waals surface area contributed by atoms with Crippen molar-refractivity contribution < 1.29 is 23.4 Å². The van der Waals surface area contributed by atoms with Crippen molar-refractivity contribution in [3.8, 4) is 11.1 Å². The molecule has 0 saturated carbocycles. The fourth-order valence-corrected chi connectivity index (χ4v) is 5.52. The quantitative estimate of drug-likeness (QED) is 0.529. The van der Waals surface area contributed by atoms with Crippen molar-refractivity contribution in [3.05, 3.63) is 58.8 Å². The van der Waals surface area contributed by atoms with Gasteiger partial charge < -0.3 is 19.6 Å². The van der Waals surface area contributed by atoms with Crippen LogP contribution in [0.25, 0.3) is 16.7 Å². The van der Waals surface area contributed by atoms with E-state index < -0.39 is 12.5 Å². The molecule has 38 heavy (non-hydrogen) atoms. The first-order chi connectivity index (χ1) is 18.4. The first kappa shape index (κ1) is 24.5. The maximum absolute atomic E-state index is 14.4. The van der Waals surface area contributed by atoms with Crippen molar-refractivity contribution >= 4 is 23.2 Å². The maximum atomic E-state index is 14.4. The van der Waals surface area contributed by atoms with Crippen LogP contribution in [0.15, 0.2) is 30.6 Å². The number of aryl methyl sites for hydroxylation is 2. The first-order valence-electron chi connectivity index (χ1n) is 12.8. The molecule has 9 nitrogen and oxygen atoms in total. The lowest BCUT2D eigenvalue weighted by atomic mass is 9.92. The van der Waals surface area contributed by atoms with Crippen molar-refractivity contribution in [2.45, 2.75) is 38.7 Å². The number of benzene rings is 1. The van der Waals surface area contributed by atoms with Crippen molar-refractivity contribution in [2.24, 2.45) is 7.05 Å². The summed E-state index contributed by atoms with van der Waals surface area (Å²) in [5.74, 6) is 1.19. The number of carboxylic acid groups (broad SMARTS) is 1. The average Bonchev–Trinajstić information content (AvgIpc) is 3.37. The Labute approximate surface area is 218 Å². The summed E-state index contributed by atoms with van der Waals surface area (Å²) in [6.45, 7) is 2.15. The van der Waals surface area contributed by atoms with Gasteiger partial charge in [0.1, 0.15) is 5.82 Å². The Morgan fingerprint density at radius 2 is 2.03 bits per heavy atom. The number of hydrogen-bond acceptors (Lipinski definition) is 6. The fraction of sp³-hybridized carbons (Fsp3) is 0.407. The summed E-state index contributed by atoms with van der Waals surface area (Å²) in [7, 11) is 1.76. The van der Waals surface area contributed by atoms with E-state index in [0.29, 0.717) is 67.6 Å². The molecule has 0 aliphatic carbocycles. The zero-order valence-electron chi connectivity index (χ0n) is 21.0. The number of nitrogens with zero attached hydrogens (tertiary/aromatic N) is 6. The van der Waals surface area contributed by atoms with Gasteiger partial charge in [0.15, 0.2) is 5.82 Å². The minimum Gasteiger partial charge on any atom is -0.465 e. The predicted octanol–water partition coefficient (Wildman–Crippen LogP) is 4.74. The summed E-state index contributed by atoms with van der Waals surface area (Å²) in [6, 6.07) is 3.42. The molecule has 6 rings (SSSR count). The summed E-state index contributed by atoms with van der Waals surface area (Å²) in [6.07, 6.45) is 4.33. The summed E-state index contributed by atoms with van der Waals surface area (Å²) in [5.41, 5.74) is 5.21. The van der Waals surface area contributed by atoms with Crippen LogP contribution in [0.4, 0.5) is 25.1 Å². The lowest BCUT2D eigenvalue weighted by molar-refractivity contribution is 0.139. The molecule has 0 fully saturated rings. The maximum Gasteiger partial charge on any atom is 0.407 e. The molecule has 1 aromatic carbocycles. The van der Waals surface area contributed by atoms with Gasteiger partial charge in [0.25, 0.3) is 6.43 Å². The second-order valence-corrected chi connectivity index (χ2v) is 9.83. The highest BCUT2D eigenvalue weighted by Gasteiger charge is 2.31. The Balaban J connectivity index is 1.51. The number of alkyl halides is 2. The van der Waals surface area contributed by atoms with E-state index in [1.807, 2.05) is 17.0 Å². The third-order valence-corrected chi connectivity index (χ3v) is 7.44. The van der Waals surface area contributed by atoms with Crippen molar-refractivity contribution in [1.29, 1.82) is 0 Å². The third-order valence-electron chi connectivity index (χ3n) is 7.44. The molecule has 0 unspecified atom stereocenters. The van der Waals surface area contributed by atoms with Crippen molar-refractivity contribution in [1.82, 2.24) is 24.6 Å². The number of halogens is 2. The van der Waals surface area contributed by atoms with Crippen LogP contribution in [0.5, 0.6) is 0 Å². The Bertz CT molecular complexity index is 1440. The SMILES string of the molecule is Cn1cc(-c2cc3c(cc2C(F)F)N(c2nc(C4=CCOCC4)nc4c2CN(C(=O)O)CC4)CCC3)cn1. The van der Waals surface area contributed by atoms with Crippen LogP contribution >= 0.6 is 0 Å². The smallest absolute Gasteiger partial charge is 0.407 e. The number of ether oxygens (including phenoxy) is 1. The molecule has 0 atom stereocenters. The van der Waals surface area contributed by atoms with Crippen LogP contribution in [0.1, 0.15) is 47.5 Å². The number of hydrogen-bond donors (Lipinski definition) is 1. The van der Waals surface area contributed by atoms with Crippen LogP contribution in [-0.2, 0) is 31.2 Å². The minimum absolute atomic E-state index is 0.0638. The molecule has 3 aliphatic heterocycles. The molecular weight excluding hydrogens is 494 g/mol. The van der Waals surface area contributed by atoms with Gasteiger partial charge in [0, 0.05) is 55.1 Å². The van der Waals surface area contributed by atoms with E-state index in [1.54, 1.807) is 30.2 Å². The Morgan fingerprint density at radius 3 is 2.74 bits per heavy atom. The standard InChI is InChI=1S/C27H28F2N6O3/c1-33-14-18(13-30-33)19-11-17-3-2-7-35(23(17)12-20(19)24(28)29)26-21-15-34(27(36)37)8-4-22(21)31-25(32-26)16-5-9-38-10-6-16/h5,11-14,24H,2-4,6-10,15H2,1H3,(H,36,37).